The molecular weight excluding hydrogens is 288 g/mol. The van der Waals surface area contributed by atoms with E-state index in [4.69, 9.17) is 17.3 Å². The fourth-order valence-corrected chi connectivity index (χ4v) is 1.87. The average molecular weight is 304 g/mol. The number of H-pyrrole nitrogens is 1. The molecule has 0 aliphatic carbocycles. The number of aromatic hydroxyl groups is 1. The fourth-order valence-electron chi connectivity index (χ4n) is 1.72. The summed E-state index contributed by atoms with van der Waals surface area (Å²) in [5.41, 5.74) is 0.845. The standard InChI is InChI=1S/C14H16N4O2S/c1-18-12(16-17-14(18)21)8-9-15-13(20)7-4-10-2-5-11(19)6-3-10/h2-7,19H,8-9H2,1H3,(H,15,20)(H,17,21)/b7-4+. The molecule has 1 amide bonds. The zero-order valence-corrected chi connectivity index (χ0v) is 12.4. The normalized spacial score (nSPS) is 10.9. The van der Waals surface area contributed by atoms with E-state index in [1.165, 1.54) is 6.08 Å². The molecular formula is C14H16N4O2S. The van der Waals surface area contributed by atoms with Crippen LogP contribution in [0, 0.1) is 4.77 Å². The second-order valence-corrected chi connectivity index (χ2v) is 4.86. The Balaban J connectivity index is 1.81. The number of amides is 1. The van der Waals surface area contributed by atoms with Crippen LogP contribution in [0.2, 0.25) is 0 Å². The van der Waals surface area contributed by atoms with Gasteiger partial charge in [-0.2, -0.15) is 5.10 Å². The highest BCUT2D eigenvalue weighted by atomic mass is 32.1. The van der Waals surface area contributed by atoms with Crippen molar-refractivity contribution >= 4 is 24.2 Å². The van der Waals surface area contributed by atoms with Crippen molar-refractivity contribution in [2.75, 3.05) is 6.54 Å². The van der Waals surface area contributed by atoms with E-state index in [0.717, 1.165) is 11.4 Å². The molecule has 21 heavy (non-hydrogen) atoms. The van der Waals surface area contributed by atoms with Crippen LogP contribution in [0.5, 0.6) is 5.75 Å². The number of rotatable bonds is 5. The second-order valence-electron chi connectivity index (χ2n) is 4.47. The minimum absolute atomic E-state index is 0.181. The van der Waals surface area contributed by atoms with E-state index < -0.39 is 0 Å². The monoisotopic (exact) mass is 304 g/mol. The Hall–Kier alpha value is -2.41. The third kappa shape index (κ3) is 4.28. The average Bonchev–Trinajstić information content (AvgIpc) is 2.79. The van der Waals surface area contributed by atoms with E-state index in [0.29, 0.717) is 17.7 Å². The van der Waals surface area contributed by atoms with Gasteiger partial charge in [0, 0.05) is 26.1 Å². The van der Waals surface area contributed by atoms with E-state index in [9.17, 15) is 4.79 Å². The van der Waals surface area contributed by atoms with Gasteiger partial charge in [0.05, 0.1) is 0 Å². The molecule has 110 valence electrons. The van der Waals surface area contributed by atoms with Crippen molar-refractivity contribution in [2.24, 2.45) is 7.05 Å². The Morgan fingerprint density at radius 2 is 2.19 bits per heavy atom. The van der Waals surface area contributed by atoms with Crippen molar-refractivity contribution in [3.63, 3.8) is 0 Å². The first-order valence-electron chi connectivity index (χ1n) is 6.41. The maximum atomic E-state index is 11.7. The lowest BCUT2D eigenvalue weighted by Gasteiger charge is -2.02. The number of nitrogens with zero attached hydrogens (tertiary/aromatic N) is 2. The number of aromatic nitrogens is 3. The van der Waals surface area contributed by atoms with Gasteiger partial charge in [0.1, 0.15) is 11.6 Å². The molecule has 0 aliphatic heterocycles. The van der Waals surface area contributed by atoms with Crippen molar-refractivity contribution in [2.45, 2.75) is 6.42 Å². The molecule has 0 bridgehead atoms. The predicted octanol–water partition coefficient (Wildman–Crippen LogP) is 1.56. The number of phenols is 1. The second kappa shape index (κ2) is 6.85. The van der Waals surface area contributed by atoms with E-state index in [2.05, 4.69) is 15.5 Å². The molecule has 2 aromatic rings. The van der Waals surface area contributed by atoms with Crippen LogP contribution >= 0.6 is 12.2 Å². The van der Waals surface area contributed by atoms with Crippen molar-refractivity contribution in [1.82, 2.24) is 20.1 Å². The first kappa shape index (κ1) is 15.0. The molecule has 0 saturated heterocycles. The zero-order valence-electron chi connectivity index (χ0n) is 11.5. The molecule has 7 heteroatoms. The number of nitrogens with one attached hydrogen (secondary N) is 2. The Kier molecular flexibility index (Phi) is 4.89. The van der Waals surface area contributed by atoms with Crippen molar-refractivity contribution in [3.05, 3.63) is 46.5 Å². The highest BCUT2D eigenvalue weighted by molar-refractivity contribution is 7.71. The van der Waals surface area contributed by atoms with Gasteiger partial charge < -0.3 is 15.0 Å². The molecule has 3 N–H and O–H groups in total. The molecule has 0 spiro atoms. The summed E-state index contributed by atoms with van der Waals surface area (Å²) in [5, 5.41) is 18.7. The van der Waals surface area contributed by atoms with Crippen LogP contribution in [0.1, 0.15) is 11.4 Å². The Labute approximate surface area is 127 Å². The summed E-state index contributed by atoms with van der Waals surface area (Å²) >= 11 is 5.01. The van der Waals surface area contributed by atoms with Gasteiger partial charge in [-0.25, -0.2) is 0 Å². The van der Waals surface area contributed by atoms with Crippen LogP contribution < -0.4 is 5.32 Å². The number of hydrogen-bond donors (Lipinski definition) is 3. The van der Waals surface area contributed by atoms with Gasteiger partial charge >= 0.3 is 0 Å². The van der Waals surface area contributed by atoms with E-state index >= 15 is 0 Å². The lowest BCUT2D eigenvalue weighted by molar-refractivity contribution is -0.116. The third-order valence-corrected chi connectivity index (χ3v) is 3.31. The van der Waals surface area contributed by atoms with Gasteiger partial charge in [-0.1, -0.05) is 12.1 Å². The predicted molar refractivity (Wildman–Crippen MR) is 82.2 cm³/mol. The number of benzene rings is 1. The Bertz CT molecular complexity index is 701. The van der Waals surface area contributed by atoms with E-state index in [1.54, 1.807) is 34.9 Å². The van der Waals surface area contributed by atoms with Gasteiger partial charge in [-0.3, -0.25) is 9.89 Å². The van der Waals surface area contributed by atoms with Gasteiger partial charge in [0.2, 0.25) is 5.91 Å². The van der Waals surface area contributed by atoms with Crippen LogP contribution in [0.25, 0.3) is 6.08 Å². The molecule has 2 rings (SSSR count). The topological polar surface area (TPSA) is 82.9 Å². The zero-order chi connectivity index (χ0) is 15.2. The lowest BCUT2D eigenvalue weighted by atomic mass is 10.2. The summed E-state index contributed by atoms with van der Waals surface area (Å²) in [5.74, 6) is 0.812. The van der Waals surface area contributed by atoms with Gasteiger partial charge in [0.25, 0.3) is 0 Å². The molecule has 1 aromatic heterocycles. The van der Waals surface area contributed by atoms with Crippen LogP contribution in [0.15, 0.2) is 30.3 Å². The molecule has 0 atom stereocenters. The van der Waals surface area contributed by atoms with Gasteiger partial charge in [0.15, 0.2) is 4.77 Å². The Morgan fingerprint density at radius 3 is 2.81 bits per heavy atom. The molecule has 1 heterocycles. The quantitative estimate of drug-likeness (QED) is 0.578. The number of carbonyl (C=O) groups is 1. The molecule has 0 saturated carbocycles. The van der Waals surface area contributed by atoms with Gasteiger partial charge in [-0.05, 0) is 36.0 Å². The maximum Gasteiger partial charge on any atom is 0.244 e. The molecule has 0 radical (unpaired) electrons. The molecule has 0 aliphatic rings. The SMILES string of the molecule is Cn1c(CCNC(=O)/C=C/c2ccc(O)cc2)n[nH]c1=S. The summed E-state index contributed by atoms with van der Waals surface area (Å²) in [6, 6.07) is 6.60. The van der Waals surface area contributed by atoms with Gasteiger partial charge in [-0.15, -0.1) is 0 Å². The summed E-state index contributed by atoms with van der Waals surface area (Å²) < 4.78 is 2.33. The first-order chi connectivity index (χ1) is 10.1. The Morgan fingerprint density at radius 1 is 1.48 bits per heavy atom. The number of carbonyl (C=O) groups excluding carboxylic acids is 1. The molecule has 6 nitrogen and oxygen atoms in total. The largest absolute Gasteiger partial charge is 0.508 e. The minimum Gasteiger partial charge on any atom is -0.508 e. The van der Waals surface area contributed by atoms with E-state index in [1.807, 2.05) is 7.05 Å². The van der Waals surface area contributed by atoms with Crippen LogP contribution in [-0.2, 0) is 18.3 Å². The van der Waals surface area contributed by atoms with Crippen LogP contribution in [0.3, 0.4) is 0 Å². The van der Waals surface area contributed by atoms with Crippen molar-refractivity contribution in [3.8, 4) is 5.75 Å². The number of aromatic amines is 1. The lowest BCUT2D eigenvalue weighted by Crippen LogP contribution is -2.24. The summed E-state index contributed by atoms with van der Waals surface area (Å²) in [6.07, 6.45) is 3.74. The third-order valence-electron chi connectivity index (χ3n) is 2.94. The summed E-state index contributed by atoms with van der Waals surface area (Å²) in [7, 11) is 1.83. The minimum atomic E-state index is -0.181. The van der Waals surface area contributed by atoms with Crippen LogP contribution in [0.4, 0.5) is 0 Å². The number of hydrogen-bond acceptors (Lipinski definition) is 4. The molecule has 0 unspecified atom stereocenters. The van der Waals surface area contributed by atoms with E-state index in [-0.39, 0.29) is 11.7 Å². The fraction of sp³-hybridized carbons (Fsp3) is 0.214. The summed E-state index contributed by atoms with van der Waals surface area (Å²) in [4.78, 5) is 11.7. The highest BCUT2D eigenvalue weighted by Gasteiger charge is 2.02. The first-order valence-corrected chi connectivity index (χ1v) is 6.82. The smallest absolute Gasteiger partial charge is 0.244 e. The van der Waals surface area contributed by atoms with Crippen molar-refractivity contribution < 1.29 is 9.90 Å². The number of phenolic OH excluding ortho intramolecular Hbond substituents is 1. The van der Waals surface area contributed by atoms with Crippen LogP contribution in [-0.4, -0.2) is 32.3 Å². The molecule has 1 aromatic carbocycles. The van der Waals surface area contributed by atoms with Crippen molar-refractivity contribution in [1.29, 1.82) is 0 Å². The molecule has 0 fully saturated rings. The summed E-state index contributed by atoms with van der Waals surface area (Å²) in [6.45, 7) is 0.478. The maximum absolute atomic E-state index is 11.7. The highest BCUT2D eigenvalue weighted by Crippen LogP contribution is 2.10.